The Morgan fingerprint density at radius 2 is 1.03 bits per heavy atom. The van der Waals surface area contributed by atoms with Gasteiger partial charge in [-0.2, -0.15) is 25.3 Å². The van der Waals surface area contributed by atoms with Crippen molar-refractivity contribution in [2.45, 2.75) is 133 Å². The molecule has 13 atom stereocenters. The molecule has 10 heterocycles. The Labute approximate surface area is 656 Å². The Morgan fingerprint density at radius 1 is 0.554 bits per heavy atom. The van der Waals surface area contributed by atoms with E-state index in [-0.39, 0.29) is 84.0 Å². The Morgan fingerprint density at radius 3 is 1.56 bits per heavy atom. The number of nitrogens with zero attached hydrogens (tertiary/aromatic N) is 6. The van der Waals surface area contributed by atoms with Gasteiger partial charge in [0.2, 0.25) is 17.3 Å². The van der Waals surface area contributed by atoms with Crippen LogP contribution in [0.1, 0.15) is 164 Å². The minimum absolute atomic E-state index is 0.0118. The predicted octanol–water partition coefficient (Wildman–Crippen LogP) is 7.26. The first-order chi connectivity index (χ1) is 53.4. The van der Waals surface area contributed by atoms with Crippen molar-refractivity contribution in [3.05, 3.63) is 214 Å². The number of anilines is 3. The van der Waals surface area contributed by atoms with E-state index >= 15 is 0 Å². The van der Waals surface area contributed by atoms with Gasteiger partial charge < -0.3 is 54.3 Å². The number of aliphatic hydroxyl groups excluding tert-OH is 3. The van der Waals surface area contributed by atoms with Crippen LogP contribution in [0.4, 0.5) is 21.8 Å². The number of nitrogens with one attached hydrogen (secondary N) is 3. The molecule has 0 bridgehead atoms. The topological polar surface area (TPSA) is 487 Å². The van der Waals surface area contributed by atoms with Crippen molar-refractivity contribution < 1.29 is 94.9 Å². The number of fused-ring (bicyclic) bond motifs is 3. The summed E-state index contributed by atoms with van der Waals surface area (Å²) >= 11 is 9.33. The van der Waals surface area contributed by atoms with E-state index in [1.165, 1.54) is 64.9 Å². The van der Waals surface area contributed by atoms with Crippen LogP contribution in [0.2, 0.25) is 5.02 Å². The summed E-state index contributed by atoms with van der Waals surface area (Å²) in [6.07, 6.45) is 6.16. The van der Waals surface area contributed by atoms with Gasteiger partial charge >= 0.3 is 30.9 Å². The molecule has 3 fully saturated rings. The molecule has 596 valence electrons. The maximum atomic E-state index is 14.9. The van der Waals surface area contributed by atoms with Gasteiger partial charge in [0.1, 0.15) is 72.4 Å². The fraction of sp³-hybridized carbons (Fsp3) is 0.411. The van der Waals surface area contributed by atoms with Gasteiger partial charge in [-0.3, -0.25) is 26.9 Å². The number of ketones is 3. The summed E-state index contributed by atoms with van der Waals surface area (Å²) in [7, 11) is -12.4. The molecule has 39 heteroatoms. The third-order valence-electron chi connectivity index (χ3n) is 20.4. The minimum atomic E-state index is -4.24. The van der Waals surface area contributed by atoms with Crippen LogP contribution in [0.25, 0.3) is 0 Å². The average molecular weight is 1660 g/mol. The molecule has 112 heavy (non-hydrogen) atoms. The van der Waals surface area contributed by atoms with Crippen LogP contribution in [-0.4, -0.2) is 170 Å². The molecular weight excluding hydrogens is 1580 g/mol. The molecule has 15 rings (SSSR count). The number of furan rings is 2. The predicted molar refractivity (Wildman–Crippen MR) is 405 cm³/mol. The van der Waals surface area contributed by atoms with Crippen molar-refractivity contribution in [2.24, 2.45) is 33.2 Å². The molecule has 32 nitrogen and oxygen atoms in total. The van der Waals surface area contributed by atoms with Crippen LogP contribution in [0.15, 0.2) is 119 Å². The van der Waals surface area contributed by atoms with E-state index in [4.69, 9.17) is 50.1 Å². The molecule has 3 unspecified atom stereocenters. The zero-order chi connectivity index (χ0) is 79.5. The van der Waals surface area contributed by atoms with Gasteiger partial charge in [-0.05, 0) is 142 Å². The lowest BCUT2D eigenvalue weighted by atomic mass is 9.93. The van der Waals surface area contributed by atoms with Crippen molar-refractivity contribution in [1.82, 2.24) is 29.9 Å². The Hall–Kier alpha value is -8.36. The van der Waals surface area contributed by atoms with Crippen LogP contribution >= 0.6 is 34.3 Å². The number of alkyl halides is 1. The fourth-order valence-electron chi connectivity index (χ4n) is 14.8. The van der Waals surface area contributed by atoms with Crippen LogP contribution < -0.4 is 31.4 Å². The van der Waals surface area contributed by atoms with E-state index in [0.717, 1.165) is 57.5 Å². The number of carbonyl (C=O) groups is 3. The average Bonchev–Trinajstić information content (AvgIpc) is 1.66. The standard InChI is InChI=1S/C25H27ClN4O7S.C25H27FN4O7S.C23H26N4O6S3/c1-13-18(24-19-7-16(26)3-2-14(19)4-5-35-24)9-22(37-13)23(32)20-10-28-12-29-25(20)30-17-6-15(21(31)8-17)11-36-38(27,33)34;1-13-17(24-16-5-3-2-4-14(16)6-7-35-24)9-20(37-13)23(32)18-10-28-12-29-25(18)30-19-8-15(22(31)21(19)26)11-36-38(27,33)34;1-12-16(21-22-13(2-4-32-21)3-5-34-22)8-19(35-12)20(29)17-9-25-11-26-23(17)27-15-6-14(18(28)7-15)10-33-36(24,30)31/h2-3,7,9-10,12,15,17,21,24,31H,4-6,8,11H2,1H3,(H2,27,33,34)(H,28,29,30);2-5,9-10,12,15,19,21-22,24,31H,6-8,11H2,1H3,(H2,27,33,34)(H,28,29,30);3,5,8-9,11,14-15,18,21,28H,2,4,6-7,10H2,1H3,(H2,24,30,31)(H,25,26,27)/t15-,17-,21+,24?;15-,19-,21-,22-,24?;14-,15-,18+,21?/m111/s1. The molecule has 0 amide bonds. The van der Waals surface area contributed by atoms with Crippen molar-refractivity contribution in [2.75, 3.05) is 55.6 Å². The van der Waals surface area contributed by atoms with Gasteiger partial charge in [0, 0.05) is 79.9 Å². The number of benzene rings is 2. The molecule has 3 saturated carbocycles. The summed E-state index contributed by atoms with van der Waals surface area (Å²) in [6, 6.07) is 19.5. The molecule has 0 radical (unpaired) electrons. The molecule has 9 aromatic rings. The molecule has 7 aromatic heterocycles. The largest absolute Gasteiger partial charge is 0.457 e. The first kappa shape index (κ1) is 81.6. The third-order valence-corrected chi connectivity index (χ3v) is 24.1. The second-order valence-electron chi connectivity index (χ2n) is 27.9. The second kappa shape index (κ2) is 34.8. The van der Waals surface area contributed by atoms with Gasteiger partial charge in [-0.15, -0.1) is 22.7 Å². The van der Waals surface area contributed by atoms with Crippen LogP contribution in [-0.2, 0) is 76.9 Å². The maximum Gasteiger partial charge on any atom is 0.333 e. The highest BCUT2D eigenvalue weighted by Gasteiger charge is 2.45. The maximum absolute atomic E-state index is 14.9. The summed E-state index contributed by atoms with van der Waals surface area (Å²) in [6.45, 7) is 6.32. The number of carbonyl (C=O) groups excluding carboxylic acids is 3. The summed E-state index contributed by atoms with van der Waals surface area (Å²) in [4.78, 5) is 67.9. The number of hydrogen-bond donors (Lipinski definition) is 9. The van der Waals surface area contributed by atoms with Crippen molar-refractivity contribution >= 4 is 100.0 Å². The number of nitrogens with two attached hydrogens (primary N) is 3. The molecule has 3 aliphatic carbocycles. The smallest absolute Gasteiger partial charge is 0.333 e. The molecule has 2 aromatic carbocycles. The van der Waals surface area contributed by atoms with Gasteiger partial charge in [0.05, 0.1) is 85.6 Å². The first-order valence-electron chi connectivity index (χ1n) is 35.5. The van der Waals surface area contributed by atoms with E-state index in [1.807, 2.05) is 49.4 Å². The summed E-state index contributed by atoms with van der Waals surface area (Å²) < 4.78 is 125. The van der Waals surface area contributed by atoms with Gasteiger partial charge in [-0.1, -0.05) is 41.9 Å². The molecule has 6 aliphatic rings. The van der Waals surface area contributed by atoms with Crippen molar-refractivity contribution in [3.63, 3.8) is 0 Å². The molecular formula is C73H80ClFN12O20S5. The fourth-order valence-corrected chi connectivity index (χ4v) is 18.1. The number of halogens is 2. The Kier molecular flexibility index (Phi) is 25.3. The van der Waals surface area contributed by atoms with Crippen molar-refractivity contribution in [3.8, 4) is 0 Å². The van der Waals surface area contributed by atoms with E-state index in [0.29, 0.717) is 78.3 Å². The number of aliphatic hydroxyl groups is 3. The molecule has 0 saturated heterocycles. The van der Waals surface area contributed by atoms with Crippen LogP contribution in [0.3, 0.4) is 0 Å². The summed E-state index contributed by atoms with van der Waals surface area (Å²) in [5, 5.41) is 57.5. The number of aryl methyl sites for hydroxylation is 3. The van der Waals surface area contributed by atoms with E-state index in [2.05, 4.69) is 75.9 Å². The summed E-state index contributed by atoms with van der Waals surface area (Å²) in [5.74, 6) is -0.919. The Balaban J connectivity index is 0.000000147. The van der Waals surface area contributed by atoms with Crippen molar-refractivity contribution in [1.29, 1.82) is 0 Å². The van der Waals surface area contributed by atoms with Gasteiger partial charge in [-0.25, -0.2) is 49.7 Å². The van der Waals surface area contributed by atoms with Gasteiger partial charge in [0.15, 0.2) is 11.5 Å². The quantitative estimate of drug-likeness (QED) is 0.0269. The zero-order valence-corrected chi connectivity index (χ0v) is 65.1. The summed E-state index contributed by atoms with van der Waals surface area (Å²) in [5.41, 5.74) is 8.58. The van der Waals surface area contributed by atoms with E-state index in [9.17, 15) is 59.3 Å². The molecule has 3 aliphatic heterocycles. The second-order valence-corrected chi connectivity index (χ2v) is 34.2. The van der Waals surface area contributed by atoms with Gasteiger partial charge in [0.25, 0.3) is 0 Å². The SMILES string of the molecule is Cc1oc(C(=O)c2cncnc2N[C@@H]2C[C@H](COS(N)(=O)=O)[C@@H](O)C2)cc1C1OCCc2ccc(Cl)cc21.Cc1oc(C(=O)c2cncnc2N[C@@H]2C[C@H](COS(N)(=O)=O)[C@@H](O)[C@@H]2F)cc1C1OCCc2ccccc21.Cc1sc(C(=O)c2cncnc2N[C@@H]2C[C@H](COS(N)(=O)=O)[C@@H](O)C2)cc1C1OCCc2ccsc21. The number of hydrogen-bond acceptors (Lipinski definition) is 31. The normalized spacial score (nSPS) is 24.2. The highest BCUT2D eigenvalue weighted by molar-refractivity contribution is 7.84. The first-order valence-corrected chi connectivity index (χ1v) is 42.0. The lowest BCUT2D eigenvalue weighted by Crippen LogP contribution is -2.33. The van der Waals surface area contributed by atoms with E-state index < -0.39 is 103 Å². The molecule has 12 N–H and O–H groups in total. The zero-order valence-electron chi connectivity index (χ0n) is 60.3. The van der Waals surface area contributed by atoms with Crippen LogP contribution in [0, 0.1) is 38.5 Å². The molecule has 0 spiro atoms. The number of thiophene rings is 2. The number of rotatable bonds is 24. The Bertz CT molecular complexity index is 5310. The lowest BCUT2D eigenvalue weighted by molar-refractivity contribution is 0.0501. The van der Waals surface area contributed by atoms with E-state index in [1.54, 1.807) is 37.3 Å². The lowest BCUT2D eigenvalue weighted by Gasteiger charge is -2.26. The number of aromatic nitrogens is 6. The minimum Gasteiger partial charge on any atom is -0.457 e. The van der Waals surface area contributed by atoms with Crippen LogP contribution in [0.5, 0.6) is 0 Å². The monoisotopic (exact) mass is 1660 g/mol. The number of ether oxygens (including phenoxy) is 3. The highest BCUT2D eigenvalue weighted by Crippen LogP contribution is 2.44. The highest BCUT2D eigenvalue weighted by atomic mass is 35.5. The third kappa shape index (κ3) is 19.4.